The first-order valence-electron chi connectivity index (χ1n) is 6.74. The molecule has 0 aliphatic heterocycles. The molecule has 5 heteroatoms. The number of phenols is 1. The zero-order chi connectivity index (χ0) is 15.2. The van der Waals surface area contributed by atoms with Crippen LogP contribution in [0.25, 0.3) is 0 Å². The number of alkyl carbamates (subject to hydrolysis) is 1. The van der Waals surface area contributed by atoms with Crippen LogP contribution in [0, 0.1) is 0 Å². The van der Waals surface area contributed by atoms with Gasteiger partial charge >= 0.3 is 6.09 Å². The third-order valence-electron chi connectivity index (χ3n) is 2.52. The first-order valence-corrected chi connectivity index (χ1v) is 6.74. The van der Waals surface area contributed by atoms with E-state index in [2.05, 4.69) is 10.6 Å². The average molecular weight is 280 g/mol. The first-order chi connectivity index (χ1) is 9.26. The molecule has 0 spiro atoms. The summed E-state index contributed by atoms with van der Waals surface area (Å²) in [5, 5.41) is 15.3. The fourth-order valence-electron chi connectivity index (χ4n) is 1.58. The number of carbonyl (C=O) groups is 1. The molecule has 20 heavy (non-hydrogen) atoms. The summed E-state index contributed by atoms with van der Waals surface area (Å²) in [5.74, 6) is 0.254. The van der Waals surface area contributed by atoms with Crippen molar-refractivity contribution in [1.82, 2.24) is 10.6 Å². The molecule has 0 fully saturated rings. The van der Waals surface area contributed by atoms with Crippen LogP contribution in [0.3, 0.4) is 0 Å². The van der Waals surface area contributed by atoms with E-state index in [0.717, 1.165) is 5.56 Å². The molecule has 5 nitrogen and oxygen atoms in total. The second kappa shape index (κ2) is 7.14. The van der Waals surface area contributed by atoms with E-state index in [9.17, 15) is 9.90 Å². The van der Waals surface area contributed by atoms with Crippen LogP contribution in [0.1, 0.15) is 33.3 Å². The van der Waals surface area contributed by atoms with Gasteiger partial charge in [-0.3, -0.25) is 0 Å². The smallest absolute Gasteiger partial charge is 0.407 e. The predicted octanol–water partition coefficient (Wildman–Crippen LogP) is 2.40. The predicted molar refractivity (Wildman–Crippen MR) is 78.6 cm³/mol. The van der Waals surface area contributed by atoms with E-state index in [1.165, 1.54) is 0 Å². The van der Waals surface area contributed by atoms with Crippen molar-refractivity contribution >= 4 is 6.09 Å². The number of aromatic hydroxyl groups is 1. The number of rotatable bonds is 5. The molecule has 0 aliphatic carbocycles. The van der Waals surface area contributed by atoms with Crippen molar-refractivity contribution in [3.05, 3.63) is 29.8 Å². The van der Waals surface area contributed by atoms with Crippen molar-refractivity contribution in [2.24, 2.45) is 0 Å². The highest BCUT2D eigenvalue weighted by atomic mass is 16.6. The first kappa shape index (κ1) is 16.3. The second-order valence-electron chi connectivity index (χ2n) is 5.83. The molecule has 1 aromatic carbocycles. The minimum absolute atomic E-state index is 0.102. The third kappa shape index (κ3) is 6.99. The van der Waals surface area contributed by atoms with E-state index < -0.39 is 11.7 Å². The van der Waals surface area contributed by atoms with Gasteiger partial charge in [0, 0.05) is 19.1 Å². The Morgan fingerprint density at radius 3 is 2.70 bits per heavy atom. The summed E-state index contributed by atoms with van der Waals surface area (Å²) in [5.41, 5.74) is 0.511. The molecule has 112 valence electrons. The van der Waals surface area contributed by atoms with E-state index in [1.54, 1.807) is 18.2 Å². The van der Waals surface area contributed by atoms with Crippen LogP contribution in [0.4, 0.5) is 4.79 Å². The van der Waals surface area contributed by atoms with Gasteiger partial charge in [0.2, 0.25) is 0 Å². The van der Waals surface area contributed by atoms with Gasteiger partial charge < -0.3 is 20.5 Å². The largest absolute Gasteiger partial charge is 0.508 e. The standard InChI is InChI=1S/C15H24N2O3/c1-11(9-17-14(19)20-15(2,3)4)16-10-12-6-5-7-13(18)8-12/h5-8,11,16,18H,9-10H2,1-4H3,(H,17,19). The lowest BCUT2D eigenvalue weighted by Crippen LogP contribution is -2.40. The molecular formula is C15H24N2O3. The SMILES string of the molecule is CC(CNC(=O)OC(C)(C)C)NCc1cccc(O)c1. The number of amides is 1. The molecule has 3 N–H and O–H groups in total. The van der Waals surface area contributed by atoms with Gasteiger partial charge in [0.1, 0.15) is 11.4 Å². The second-order valence-corrected chi connectivity index (χ2v) is 5.83. The summed E-state index contributed by atoms with van der Waals surface area (Å²) in [6.07, 6.45) is -0.413. The van der Waals surface area contributed by atoms with Crippen molar-refractivity contribution in [1.29, 1.82) is 0 Å². The van der Waals surface area contributed by atoms with Crippen LogP contribution < -0.4 is 10.6 Å². The Kier molecular flexibility index (Phi) is 5.82. The number of hydrogen-bond acceptors (Lipinski definition) is 4. The maximum atomic E-state index is 11.5. The van der Waals surface area contributed by atoms with Gasteiger partial charge in [0.25, 0.3) is 0 Å². The van der Waals surface area contributed by atoms with Crippen LogP contribution in [0.2, 0.25) is 0 Å². The number of phenolic OH excluding ortho intramolecular Hbond substituents is 1. The Bertz CT molecular complexity index is 441. The molecule has 1 aromatic rings. The van der Waals surface area contributed by atoms with Gasteiger partial charge in [-0.25, -0.2) is 4.79 Å². The maximum absolute atomic E-state index is 11.5. The number of carbonyl (C=O) groups excluding carboxylic acids is 1. The van der Waals surface area contributed by atoms with Crippen LogP contribution in [-0.4, -0.2) is 29.4 Å². The molecule has 0 bridgehead atoms. The highest BCUT2D eigenvalue weighted by Crippen LogP contribution is 2.10. The average Bonchev–Trinajstić information content (AvgIpc) is 2.32. The summed E-state index contributed by atoms with van der Waals surface area (Å²) in [6, 6.07) is 7.18. The van der Waals surface area contributed by atoms with Gasteiger partial charge in [-0.05, 0) is 45.4 Å². The minimum Gasteiger partial charge on any atom is -0.508 e. The summed E-state index contributed by atoms with van der Waals surface area (Å²) in [6.45, 7) is 8.57. The highest BCUT2D eigenvalue weighted by molar-refractivity contribution is 5.67. The maximum Gasteiger partial charge on any atom is 0.407 e. The van der Waals surface area contributed by atoms with Crippen molar-refractivity contribution in [2.75, 3.05) is 6.54 Å². The summed E-state index contributed by atoms with van der Waals surface area (Å²) >= 11 is 0. The normalized spacial score (nSPS) is 12.8. The molecular weight excluding hydrogens is 256 g/mol. The molecule has 0 aliphatic rings. The van der Waals surface area contributed by atoms with E-state index in [-0.39, 0.29) is 11.8 Å². The number of ether oxygens (including phenoxy) is 1. The monoisotopic (exact) mass is 280 g/mol. The number of nitrogens with one attached hydrogen (secondary N) is 2. The van der Waals surface area contributed by atoms with Crippen LogP contribution in [-0.2, 0) is 11.3 Å². The zero-order valence-corrected chi connectivity index (χ0v) is 12.6. The van der Waals surface area contributed by atoms with E-state index >= 15 is 0 Å². The van der Waals surface area contributed by atoms with E-state index in [4.69, 9.17) is 4.74 Å². The third-order valence-corrected chi connectivity index (χ3v) is 2.52. The fraction of sp³-hybridized carbons (Fsp3) is 0.533. The quantitative estimate of drug-likeness (QED) is 0.774. The Labute approximate surface area is 120 Å². The lowest BCUT2D eigenvalue weighted by Gasteiger charge is -2.21. The van der Waals surface area contributed by atoms with Crippen LogP contribution in [0.5, 0.6) is 5.75 Å². The van der Waals surface area contributed by atoms with Gasteiger partial charge in [-0.2, -0.15) is 0 Å². The topological polar surface area (TPSA) is 70.6 Å². The Morgan fingerprint density at radius 2 is 2.10 bits per heavy atom. The van der Waals surface area contributed by atoms with E-state index in [0.29, 0.717) is 13.1 Å². The molecule has 1 amide bonds. The molecule has 1 atom stereocenters. The Morgan fingerprint density at radius 1 is 1.40 bits per heavy atom. The molecule has 1 rings (SSSR count). The Hall–Kier alpha value is -1.75. The summed E-state index contributed by atoms with van der Waals surface area (Å²) < 4.78 is 5.16. The molecule has 0 radical (unpaired) electrons. The van der Waals surface area contributed by atoms with Crippen molar-refractivity contribution < 1.29 is 14.6 Å². The molecule has 0 saturated heterocycles. The molecule has 0 saturated carbocycles. The highest BCUT2D eigenvalue weighted by Gasteiger charge is 2.16. The van der Waals surface area contributed by atoms with Gasteiger partial charge in [-0.15, -0.1) is 0 Å². The van der Waals surface area contributed by atoms with Gasteiger partial charge in [0.05, 0.1) is 0 Å². The Balaban J connectivity index is 2.27. The zero-order valence-electron chi connectivity index (χ0n) is 12.6. The molecule has 1 unspecified atom stereocenters. The van der Waals surface area contributed by atoms with Crippen LogP contribution >= 0.6 is 0 Å². The summed E-state index contributed by atoms with van der Waals surface area (Å²) in [4.78, 5) is 11.5. The fourth-order valence-corrected chi connectivity index (χ4v) is 1.58. The van der Waals surface area contributed by atoms with Crippen molar-refractivity contribution in [3.63, 3.8) is 0 Å². The number of hydrogen-bond donors (Lipinski definition) is 3. The van der Waals surface area contributed by atoms with Crippen molar-refractivity contribution in [2.45, 2.75) is 45.9 Å². The summed E-state index contributed by atoms with van der Waals surface area (Å²) in [7, 11) is 0. The van der Waals surface area contributed by atoms with Gasteiger partial charge in [-0.1, -0.05) is 12.1 Å². The molecule has 0 aromatic heterocycles. The van der Waals surface area contributed by atoms with Crippen molar-refractivity contribution in [3.8, 4) is 5.75 Å². The number of benzene rings is 1. The minimum atomic E-state index is -0.484. The van der Waals surface area contributed by atoms with Crippen LogP contribution in [0.15, 0.2) is 24.3 Å². The molecule has 0 heterocycles. The van der Waals surface area contributed by atoms with Gasteiger partial charge in [0.15, 0.2) is 0 Å². The lowest BCUT2D eigenvalue weighted by atomic mass is 10.2. The van der Waals surface area contributed by atoms with E-state index in [1.807, 2.05) is 33.8 Å². The lowest BCUT2D eigenvalue weighted by molar-refractivity contribution is 0.0523.